The summed E-state index contributed by atoms with van der Waals surface area (Å²) in [4.78, 5) is 2.58. The van der Waals surface area contributed by atoms with Crippen LogP contribution in [0.1, 0.15) is 6.42 Å². The van der Waals surface area contributed by atoms with Crippen LogP contribution in [0, 0.1) is 5.92 Å². The number of nitrogens with one attached hydrogen (secondary N) is 1. The molecule has 1 N–H and O–H groups in total. The van der Waals surface area contributed by atoms with Crippen LogP contribution in [-0.2, 0) is 10.0 Å². The number of hydrogen-bond acceptors (Lipinski definition) is 6. The highest BCUT2D eigenvalue weighted by Gasteiger charge is 2.25. The van der Waals surface area contributed by atoms with Crippen molar-refractivity contribution in [1.82, 2.24) is 9.62 Å². The Morgan fingerprint density at radius 3 is 2.77 bits per heavy atom. The number of nitrogens with zero attached hydrogens (tertiary/aromatic N) is 1. The highest BCUT2D eigenvalue weighted by atomic mass is 79.9. The summed E-state index contributed by atoms with van der Waals surface area (Å²) in [5, 5.41) is 0. The van der Waals surface area contributed by atoms with Gasteiger partial charge in [-0.15, -0.1) is 0 Å². The van der Waals surface area contributed by atoms with E-state index in [1.54, 1.807) is 24.3 Å². The summed E-state index contributed by atoms with van der Waals surface area (Å²) in [6, 6.07) is 12.3. The van der Waals surface area contributed by atoms with Crippen molar-refractivity contribution in [3.63, 3.8) is 0 Å². The molecule has 0 spiro atoms. The first-order valence-electron chi connectivity index (χ1n) is 10.0. The molecule has 0 amide bonds. The molecular formula is C21H25BrN2O5S. The monoisotopic (exact) mass is 496 g/mol. The smallest absolute Gasteiger partial charge is 0.240 e. The zero-order valence-electron chi connectivity index (χ0n) is 16.6. The Morgan fingerprint density at radius 1 is 1.13 bits per heavy atom. The van der Waals surface area contributed by atoms with Gasteiger partial charge in [0.2, 0.25) is 15.8 Å². The molecule has 0 saturated carbocycles. The number of benzene rings is 2. The maximum atomic E-state index is 12.4. The predicted octanol–water partition coefficient (Wildman–Crippen LogP) is 2.90. The average Bonchev–Trinajstić information content (AvgIpc) is 3.21. The van der Waals surface area contributed by atoms with Crippen molar-refractivity contribution in [2.45, 2.75) is 11.3 Å². The lowest BCUT2D eigenvalue weighted by atomic mass is 10.1. The Bertz CT molecular complexity index is 968. The molecule has 2 aromatic carbocycles. The molecular weight excluding hydrogens is 472 g/mol. The van der Waals surface area contributed by atoms with Crippen LogP contribution in [0.5, 0.6) is 17.2 Å². The lowest BCUT2D eigenvalue weighted by molar-refractivity contribution is 0.158. The number of likely N-dealkylation sites (tertiary alicyclic amines) is 1. The van der Waals surface area contributed by atoms with E-state index in [2.05, 4.69) is 25.6 Å². The Balaban J connectivity index is 1.22. The van der Waals surface area contributed by atoms with Gasteiger partial charge in [0, 0.05) is 24.1 Å². The fourth-order valence-corrected chi connectivity index (χ4v) is 5.03. The number of halogens is 1. The molecule has 2 aliphatic heterocycles. The van der Waals surface area contributed by atoms with Crippen molar-refractivity contribution < 1.29 is 22.6 Å². The summed E-state index contributed by atoms with van der Waals surface area (Å²) < 4.78 is 45.7. The van der Waals surface area contributed by atoms with Gasteiger partial charge in [0.1, 0.15) is 19.8 Å². The van der Waals surface area contributed by atoms with E-state index in [1.807, 2.05) is 18.2 Å². The first kappa shape index (κ1) is 21.4. The second kappa shape index (κ2) is 9.55. The maximum absolute atomic E-state index is 12.4. The van der Waals surface area contributed by atoms with Gasteiger partial charge in [-0.3, -0.25) is 4.90 Å². The largest absolute Gasteiger partial charge is 0.488 e. The second-order valence-electron chi connectivity index (χ2n) is 7.39. The highest BCUT2D eigenvalue weighted by molar-refractivity contribution is 9.10. The molecule has 2 aromatic rings. The number of hydrogen-bond donors (Lipinski definition) is 1. The summed E-state index contributed by atoms with van der Waals surface area (Å²) in [6.07, 6.45) is 0.959. The number of para-hydroxylation sites is 1. The normalized spacial score (nSPS) is 19.0. The molecule has 0 bridgehead atoms. The molecule has 0 aliphatic carbocycles. The van der Waals surface area contributed by atoms with E-state index in [0.717, 1.165) is 36.3 Å². The first-order chi connectivity index (χ1) is 14.5. The number of ether oxygens (including phenoxy) is 3. The van der Waals surface area contributed by atoms with Gasteiger partial charge >= 0.3 is 0 Å². The van der Waals surface area contributed by atoms with Crippen LogP contribution in [-0.4, -0.2) is 59.3 Å². The van der Waals surface area contributed by atoms with Crippen LogP contribution < -0.4 is 18.9 Å². The molecule has 0 radical (unpaired) electrons. The summed E-state index contributed by atoms with van der Waals surface area (Å²) in [7, 11) is -3.48. The van der Waals surface area contributed by atoms with Crippen LogP contribution in [0.4, 0.5) is 0 Å². The van der Waals surface area contributed by atoms with Gasteiger partial charge < -0.3 is 14.2 Å². The van der Waals surface area contributed by atoms with E-state index in [1.165, 1.54) is 0 Å². The molecule has 9 heteroatoms. The molecule has 2 heterocycles. The first-order valence-corrected chi connectivity index (χ1v) is 12.3. The van der Waals surface area contributed by atoms with E-state index in [9.17, 15) is 8.42 Å². The Morgan fingerprint density at radius 2 is 1.93 bits per heavy atom. The van der Waals surface area contributed by atoms with Crippen LogP contribution in [0.15, 0.2) is 51.8 Å². The minimum absolute atomic E-state index is 0.284. The minimum Gasteiger partial charge on any atom is -0.488 e. The molecule has 1 atom stereocenters. The van der Waals surface area contributed by atoms with Gasteiger partial charge in [-0.25, -0.2) is 13.1 Å². The summed E-state index contributed by atoms with van der Waals surface area (Å²) in [5.41, 5.74) is 0. The standard InChI is InChI=1S/C21H25BrN2O5S/c22-17-4-6-18(7-5-17)30(25,26)23-14-16-8-9-24(15-16)10-11-27-19-2-1-3-20-21(19)29-13-12-28-20/h1-7,16,23H,8-15H2. The molecule has 2 aliphatic rings. The van der Waals surface area contributed by atoms with Crippen LogP contribution >= 0.6 is 15.9 Å². The third-order valence-electron chi connectivity index (χ3n) is 5.25. The van der Waals surface area contributed by atoms with Gasteiger partial charge in [0.15, 0.2) is 11.5 Å². The third kappa shape index (κ3) is 5.26. The minimum atomic E-state index is -3.48. The van der Waals surface area contributed by atoms with Crippen molar-refractivity contribution >= 4 is 26.0 Å². The Labute approximate surface area is 185 Å². The molecule has 4 rings (SSSR count). The van der Waals surface area contributed by atoms with E-state index in [0.29, 0.717) is 37.9 Å². The summed E-state index contributed by atoms with van der Waals surface area (Å²) >= 11 is 3.32. The number of sulfonamides is 1. The number of fused-ring (bicyclic) bond motifs is 1. The molecule has 0 aromatic heterocycles. The number of rotatable bonds is 8. The quantitative estimate of drug-likeness (QED) is 0.605. The van der Waals surface area contributed by atoms with Crippen molar-refractivity contribution in [3.8, 4) is 17.2 Å². The summed E-state index contributed by atoms with van der Waals surface area (Å²) in [5.74, 6) is 2.38. The third-order valence-corrected chi connectivity index (χ3v) is 7.22. The van der Waals surface area contributed by atoms with Crippen LogP contribution in [0.3, 0.4) is 0 Å². The van der Waals surface area contributed by atoms with E-state index >= 15 is 0 Å². The second-order valence-corrected chi connectivity index (χ2v) is 10.1. The fourth-order valence-electron chi connectivity index (χ4n) is 3.65. The fraction of sp³-hybridized carbons (Fsp3) is 0.429. The topological polar surface area (TPSA) is 77.1 Å². The van der Waals surface area contributed by atoms with Gasteiger partial charge in [0.05, 0.1) is 4.90 Å². The molecule has 7 nitrogen and oxygen atoms in total. The van der Waals surface area contributed by atoms with Gasteiger partial charge in [0.25, 0.3) is 0 Å². The van der Waals surface area contributed by atoms with Gasteiger partial charge in [-0.05, 0) is 55.3 Å². The van der Waals surface area contributed by atoms with Crippen molar-refractivity contribution in [3.05, 3.63) is 46.9 Å². The zero-order chi connectivity index (χ0) is 21.0. The van der Waals surface area contributed by atoms with Crippen LogP contribution in [0.25, 0.3) is 0 Å². The Kier molecular flexibility index (Phi) is 6.82. The van der Waals surface area contributed by atoms with E-state index in [4.69, 9.17) is 14.2 Å². The summed E-state index contributed by atoms with van der Waals surface area (Å²) in [6.45, 7) is 4.61. The highest BCUT2D eigenvalue weighted by Crippen LogP contribution is 2.38. The Hall–Kier alpha value is -1.81. The van der Waals surface area contributed by atoms with Crippen molar-refractivity contribution in [1.29, 1.82) is 0 Å². The zero-order valence-corrected chi connectivity index (χ0v) is 19.0. The van der Waals surface area contributed by atoms with Gasteiger partial charge in [-0.1, -0.05) is 22.0 Å². The maximum Gasteiger partial charge on any atom is 0.240 e. The van der Waals surface area contributed by atoms with Crippen molar-refractivity contribution in [2.24, 2.45) is 5.92 Å². The lowest BCUT2D eigenvalue weighted by Gasteiger charge is -2.22. The predicted molar refractivity (Wildman–Crippen MR) is 117 cm³/mol. The van der Waals surface area contributed by atoms with Crippen molar-refractivity contribution in [2.75, 3.05) is 46.0 Å². The SMILES string of the molecule is O=S(=O)(NCC1CCN(CCOc2cccc3c2OCCO3)C1)c1ccc(Br)cc1. The molecule has 30 heavy (non-hydrogen) atoms. The van der Waals surface area contributed by atoms with E-state index in [-0.39, 0.29) is 10.8 Å². The van der Waals surface area contributed by atoms with E-state index < -0.39 is 10.0 Å². The average molecular weight is 497 g/mol. The molecule has 1 fully saturated rings. The van der Waals surface area contributed by atoms with Crippen LogP contribution in [0.2, 0.25) is 0 Å². The molecule has 1 unspecified atom stereocenters. The molecule has 162 valence electrons. The van der Waals surface area contributed by atoms with Gasteiger partial charge in [-0.2, -0.15) is 0 Å². The lowest BCUT2D eigenvalue weighted by Crippen LogP contribution is -2.32. The molecule has 1 saturated heterocycles.